The highest BCUT2D eigenvalue weighted by molar-refractivity contribution is 5.30. The molecular weight excluding hydrogens is 243 g/mol. The number of hydrogen-bond donors (Lipinski definition) is 0. The minimum Gasteiger partial charge on any atom is -0.478 e. The molecule has 0 aliphatic carbocycles. The molecule has 0 saturated heterocycles. The van der Waals surface area contributed by atoms with Gasteiger partial charge in [0, 0.05) is 6.07 Å². The van der Waals surface area contributed by atoms with Crippen LogP contribution in [0.15, 0.2) is 12.1 Å². The van der Waals surface area contributed by atoms with E-state index in [1.54, 1.807) is 13.8 Å². The number of alkyl halides is 3. The first kappa shape index (κ1) is 14.8. The van der Waals surface area contributed by atoms with Crippen LogP contribution in [0.4, 0.5) is 13.2 Å². The molecule has 18 heavy (non-hydrogen) atoms. The molecule has 5 heteroatoms. The van der Waals surface area contributed by atoms with Gasteiger partial charge in [0.1, 0.15) is 0 Å². The lowest BCUT2D eigenvalue weighted by Gasteiger charge is -2.17. The van der Waals surface area contributed by atoms with Crippen molar-refractivity contribution >= 4 is 0 Å². The van der Waals surface area contributed by atoms with Gasteiger partial charge in [0.05, 0.1) is 6.61 Å². The van der Waals surface area contributed by atoms with E-state index in [2.05, 4.69) is 4.98 Å². The summed E-state index contributed by atoms with van der Waals surface area (Å²) in [7, 11) is 0. The first-order valence-electron chi connectivity index (χ1n) is 6.11. The molecule has 1 unspecified atom stereocenters. The summed E-state index contributed by atoms with van der Waals surface area (Å²) in [6.07, 6.45) is -2.89. The third kappa shape index (κ3) is 3.62. The topological polar surface area (TPSA) is 22.1 Å². The predicted octanol–water partition coefficient (Wildman–Crippen LogP) is 4.40. The zero-order chi connectivity index (χ0) is 13.8. The fourth-order valence-electron chi connectivity index (χ4n) is 1.89. The SMILES string of the molecule is CCCC(C)c1ccc(OCC)nc1C(F)(F)F. The number of nitrogens with zero attached hydrogens (tertiary/aromatic N) is 1. The largest absolute Gasteiger partial charge is 0.478 e. The Balaban J connectivity index is 3.17. The second-order valence-electron chi connectivity index (χ2n) is 4.21. The zero-order valence-electron chi connectivity index (χ0n) is 10.8. The molecule has 0 spiro atoms. The number of ether oxygens (including phenoxy) is 1. The minimum atomic E-state index is -4.44. The minimum absolute atomic E-state index is 0.0253. The fourth-order valence-corrected chi connectivity index (χ4v) is 1.89. The molecule has 0 saturated carbocycles. The molecule has 2 nitrogen and oxygen atoms in total. The van der Waals surface area contributed by atoms with Gasteiger partial charge in [-0.2, -0.15) is 13.2 Å². The molecule has 0 aliphatic rings. The Hall–Kier alpha value is -1.26. The Morgan fingerprint density at radius 3 is 2.44 bits per heavy atom. The molecule has 0 fully saturated rings. The van der Waals surface area contributed by atoms with Crippen molar-refractivity contribution in [1.29, 1.82) is 0 Å². The number of aromatic nitrogens is 1. The summed E-state index contributed by atoms with van der Waals surface area (Å²) in [6.45, 7) is 5.75. The van der Waals surface area contributed by atoms with E-state index >= 15 is 0 Å². The Labute approximate surface area is 105 Å². The van der Waals surface area contributed by atoms with E-state index < -0.39 is 11.9 Å². The van der Waals surface area contributed by atoms with E-state index in [-0.39, 0.29) is 17.4 Å². The molecule has 0 bridgehead atoms. The molecule has 0 radical (unpaired) electrons. The maximum Gasteiger partial charge on any atom is 0.433 e. The van der Waals surface area contributed by atoms with Crippen LogP contribution in [0.25, 0.3) is 0 Å². The molecule has 1 atom stereocenters. The lowest BCUT2D eigenvalue weighted by atomic mass is 9.95. The summed E-state index contributed by atoms with van der Waals surface area (Å²) < 4.78 is 43.9. The number of rotatable bonds is 5. The monoisotopic (exact) mass is 261 g/mol. The fraction of sp³-hybridized carbons (Fsp3) is 0.615. The quantitative estimate of drug-likeness (QED) is 0.783. The van der Waals surface area contributed by atoms with Gasteiger partial charge in [-0.25, -0.2) is 4.98 Å². The van der Waals surface area contributed by atoms with Gasteiger partial charge in [-0.05, 0) is 24.8 Å². The highest BCUT2D eigenvalue weighted by atomic mass is 19.4. The van der Waals surface area contributed by atoms with E-state index in [9.17, 15) is 13.2 Å². The molecule has 0 amide bonds. The van der Waals surface area contributed by atoms with Crippen LogP contribution in [0.5, 0.6) is 5.88 Å². The third-order valence-electron chi connectivity index (χ3n) is 2.71. The van der Waals surface area contributed by atoms with Crippen LogP contribution in [-0.2, 0) is 6.18 Å². The van der Waals surface area contributed by atoms with Crippen LogP contribution in [0.1, 0.15) is 50.8 Å². The van der Waals surface area contributed by atoms with Crippen molar-refractivity contribution in [3.8, 4) is 5.88 Å². The van der Waals surface area contributed by atoms with Crippen molar-refractivity contribution in [2.45, 2.75) is 45.7 Å². The van der Waals surface area contributed by atoms with Crippen molar-refractivity contribution in [3.05, 3.63) is 23.4 Å². The lowest BCUT2D eigenvalue weighted by Crippen LogP contribution is -2.14. The standard InChI is InChI=1S/C13H18F3NO/c1-4-6-9(3)10-7-8-11(18-5-2)17-12(10)13(14,15)16/h7-9H,4-6H2,1-3H3. The van der Waals surface area contributed by atoms with E-state index in [1.165, 1.54) is 12.1 Å². The van der Waals surface area contributed by atoms with Crippen molar-refractivity contribution in [2.24, 2.45) is 0 Å². The number of hydrogen-bond acceptors (Lipinski definition) is 2. The summed E-state index contributed by atoms with van der Waals surface area (Å²) in [4.78, 5) is 3.59. The average Bonchev–Trinajstić information content (AvgIpc) is 2.28. The molecule has 1 rings (SSSR count). The van der Waals surface area contributed by atoms with Gasteiger partial charge >= 0.3 is 6.18 Å². The van der Waals surface area contributed by atoms with Gasteiger partial charge in [-0.15, -0.1) is 0 Å². The Bertz CT molecular complexity index is 390. The number of halogens is 3. The van der Waals surface area contributed by atoms with Crippen LogP contribution in [0.2, 0.25) is 0 Å². The summed E-state index contributed by atoms with van der Waals surface area (Å²) in [6, 6.07) is 2.97. The van der Waals surface area contributed by atoms with Crippen LogP contribution in [0.3, 0.4) is 0 Å². The molecule has 0 N–H and O–H groups in total. The smallest absolute Gasteiger partial charge is 0.433 e. The Kier molecular flexibility index (Phi) is 4.99. The zero-order valence-corrected chi connectivity index (χ0v) is 10.8. The Morgan fingerprint density at radius 1 is 1.28 bits per heavy atom. The van der Waals surface area contributed by atoms with Gasteiger partial charge in [0.25, 0.3) is 0 Å². The van der Waals surface area contributed by atoms with Crippen molar-refractivity contribution < 1.29 is 17.9 Å². The van der Waals surface area contributed by atoms with Gasteiger partial charge in [-0.3, -0.25) is 0 Å². The van der Waals surface area contributed by atoms with Gasteiger partial charge in [-0.1, -0.05) is 26.3 Å². The maximum atomic E-state index is 13.0. The predicted molar refractivity (Wildman–Crippen MR) is 63.7 cm³/mol. The normalized spacial score (nSPS) is 13.4. The van der Waals surface area contributed by atoms with E-state index in [0.29, 0.717) is 13.0 Å². The van der Waals surface area contributed by atoms with Crippen LogP contribution >= 0.6 is 0 Å². The van der Waals surface area contributed by atoms with Crippen molar-refractivity contribution in [2.75, 3.05) is 6.61 Å². The molecule has 0 aromatic carbocycles. The first-order chi connectivity index (χ1) is 8.40. The lowest BCUT2D eigenvalue weighted by molar-refractivity contribution is -0.142. The summed E-state index contributed by atoms with van der Waals surface area (Å²) in [5.74, 6) is -0.132. The highest BCUT2D eigenvalue weighted by Crippen LogP contribution is 2.36. The molecule has 0 aliphatic heterocycles. The molecule has 1 aromatic rings. The summed E-state index contributed by atoms with van der Waals surface area (Å²) in [5.41, 5.74) is -0.581. The van der Waals surface area contributed by atoms with Gasteiger partial charge in [0.2, 0.25) is 5.88 Å². The Morgan fingerprint density at radius 2 is 1.94 bits per heavy atom. The van der Waals surface area contributed by atoms with Crippen LogP contribution < -0.4 is 4.74 Å². The number of pyridine rings is 1. The van der Waals surface area contributed by atoms with Crippen LogP contribution in [-0.4, -0.2) is 11.6 Å². The first-order valence-corrected chi connectivity index (χ1v) is 6.11. The van der Waals surface area contributed by atoms with Crippen molar-refractivity contribution in [1.82, 2.24) is 4.98 Å². The summed E-state index contributed by atoms with van der Waals surface area (Å²) >= 11 is 0. The second-order valence-corrected chi connectivity index (χ2v) is 4.21. The van der Waals surface area contributed by atoms with Crippen LogP contribution in [0, 0.1) is 0 Å². The average molecular weight is 261 g/mol. The molecule has 1 aromatic heterocycles. The van der Waals surface area contributed by atoms with E-state index in [1.807, 2.05) is 6.92 Å². The summed E-state index contributed by atoms with van der Waals surface area (Å²) in [5, 5.41) is 0. The van der Waals surface area contributed by atoms with E-state index in [0.717, 1.165) is 6.42 Å². The van der Waals surface area contributed by atoms with Gasteiger partial charge in [0.15, 0.2) is 5.69 Å². The van der Waals surface area contributed by atoms with Crippen molar-refractivity contribution in [3.63, 3.8) is 0 Å². The second kappa shape index (κ2) is 6.07. The molecular formula is C13H18F3NO. The highest BCUT2D eigenvalue weighted by Gasteiger charge is 2.36. The third-order valence-corrected chi connectivity index (χ3v) is 2.71. The molecule has 1 heterocycles. The maximum absolute atomic E-state index is 13.0. The molecule has 102 valence electrons. The van der Waals surface area contributed by atoms with Gasteiger partial charge < -0.3 is 4.74 Å². The van der Waals surface area contributed by atoms with E-state index in [4.69, 9.17) is 4.74 Å².